The fourth-order valence-corrected chi connectivity index (χ4v) is 2.53. The average molecular weight is 283 g/mol. The summed E-state index contributed by atoms with van der Waals surface area (Å²) in [4.78, 5) is 0. The lowest BCUT2D eigenvalue weighted by atomic mass is 9.99. The van der Waals surface area contributed by atoms with Gasteiger partial charge in [0.15, 0.2) is 0 Å². The second-order valence-corrected chi connectivity index (χ2v) is 5.79. The Labute approximate surface area is 127 Å². The molecule has 2 rings (SSSR count). The van der Waals surface area contributed by atoms with Crippen molar-refractivity contribution in [3.63, 3.8) is 0 Å². The van der Waals surface area contributed by atoms with E-state index in [1.165, 1.54) is 11.1 Å². The summed E-state index contributed by atoms with van der Waals surface area (Å²) in [6.45, 7) is 8.35. The average Bonchev–Trinajstić information content (AvgIpc) is 2.45. The molecule has 0 spiro atoms. The van der Waals surface area contributed by atoms with Crippen LogP contribution < -0.4 is 10.5 Å². The molecule has 0 radical (unpaired) electrons. The van der Waals surface area contributed by atoms with Gasteiger partial charge in [-0.2, -0.15) is 0 Å². The Balaban J connectivity index is 2.33. The third kappa shape index (κ3) is 3.85. The first kappa shape index (κ1) is 15.6. The molecule has 0 bridgehead atoms. The molecule has 2 unspecified atom stereocenters. The third-order valence-electron chi connectivity index (χ3n) is 3.82. The fourth-order valence-electron chi connectivity index (χ4n) is 2.53. The molecule has 0 saturated heterocycles. The normalized spacial score (nSPS) is 13.8. The largest absolute Gasteiger partial charge is 0.484 e. The molecule has 0 fully saturated rings. The van der Waals surface area contributed by atoms with E-state index in [1.54, 1.807) is 0 Å². The van der Waals surface area contributed by atoms with Gasteiger partial charge in [-0.15, -0.1) is 0 Å². The molecular weight excluding hydrogens is 258 g/mol. The molecule has 21 heavy (non-hydrogen) atoms. The van der Waals surface area contributed by atoms with E-state index >= 15 is 0 Å². The number of hydrogen-bond donors (Lipinski definition) is 1. The molecule has 2 N–H and O–H groups in total. The van der Waals surface area contributed by atoms with Gasteiger partial charge in [0.1, 0.15) is 11.9 Å². The number of rotatable bonds is 5. The zero-order chi connectivity index (χ0) is 15.4. The number of nitrogens with two attached hydrogens (primary N) is 1. The van der Waals surface area contributed by atoms with Crippen LogP contribution in [0, 0.1) is 20.8 Å². The van der Waals surface area contributed by atoms with Crippen molar-refractivity contribution in [2.45, 2.75) is 46.3 Å². The van der Waals surface area contributed by atoms with Crippen LogP contribution in [0.3, 0.4) is 0 Å². The lowest BCUT2D eigenvalue weighted by molar-refractivity contribution is 0.170. The molecule has 0 aliphatic carbocycles. The Hall–Kier alpha value is -1.80. The number of ether oxygens (including phenoxy) is 1. The van der Waals surface area contributed by atoms with Gasteiger partial charge in [0.2, 0.25) is 0 Å². The predicted octanol–water partition coefficient (Wildman–Crippen LogP) is 4.47. The Morgan fingerprint density at radius 3 is 2.33 bits per heavy atom. The standard InChI is InChI=1S/C19H25NO/c1-5-17(20)19(16-8-6-7-13(2)12-16)21-18-10-9-14(3)11-15(18)4/h6-12,17,19H,5,20H2,1-4H3. The molecule has 0 aliphatic heterocycles. The van der Waals surface area contributed by atoms with Gasteiger partial charge < -0.3 is 10.5 Å². The summed E-state index contributed by atoms with van der Waals surface area (Å²) >= 11 is 0. The first-order valence-corrected chi connectivity index (χ1v) is 7.57. The Bertz CT molecular complexity index is 606. The van der Waals surface area contributed by atoms with E-state index in [1.807, 2.05) is 6.07 Å². The minimum Gasteiger partial charge on any atom is -0.484 e. The molecule has 0 aliphatic rings. The summed E-state index contributed by atoms with van der Waals surface area (Å²) in [5.74, 6) is 0.913. The van der Waals surface area contributed by atoms with Gasteiger partial charge in [-0.3, -0.25) is 0 Å². The van der Waals surface area contributed by atoms with Crippen molar-refractivity contribution in [1.82, 2.24) is 0 Å². The zero-order valence-corrected chi connectivity index (χ0v) is 13.4. The van der Waals surface area contributed by atoms with Crippen molar-refractivity contribution in [3.8, 4) is 5.75 Å². The van der Waals surface area contributed by atoms with Crippen LogP contribution in [-0.4, -0.2) is 6.04 Å². The van der Waals surface area contributed by atoms with Gasteiger partial charge in [-0.25, -0.2) is 0 Å². The number of aryl methyl sites for hydroxylation is 3. The summed E-state index contributed by atoms with van der Waals surface area (Å²) in [7, 11) is 0. The highest BCUT2D eigenvalue weighted by atomic mass is 16.5. The third-order valence-corrected chi connectivity index (χ3v) is 3.82. The van der Waals surface area contributed by atoms with Crippen LogP contribution in [-0.2, 0) is 0 Å². The maximum Gasteiger partial charge on any atom is 0.139 e. The van der Waals surface area contributed by atoms with E-state index in [0.29, 0.717) is 0 Å². The molecule has 0 heterocycles. The van der Waals surface area contributed by atoms with Crippen molar-refractivity contribution >= 4 is 0 Å². The molecule has 0 aromatic heterocycles. The first-order chi connectivity index (χ1) is 10.0. The summed E-state index contributed by atoms with van der Waals surface area (Å²) in [6.07, 6.45) is 0.764. The molecular formula is C19H25NO. The van der Waals surface area contributed by atoms with Gasteiger partial charge >= 0.3 is 0 Å². The SMILES string of the molecule is CCC(N)C(Oc1ccc(C)cc1C)c1cccc(C)c1. The van der Waals surface area contributed by atoms with Crippen molar-refractivity contribution in [2.24, 2.45) is 5.73 Å². The number of hydrogen-bond acceptors (Lipinski definition) is 2. The van der Waals surface area contributed by atoms with Crippen LogP contribution in [0.2, 0.25) is 0 Å². The van der Waals surface area contributed by atoms with Gasteiger partial charge in [-0.1, -0.05) is 54.4 Å². The molecule has 0 amide bonds. The molecule has 112 valence electrons. The monoisotopic (exact) mass is 283 g/mol. The van der Waals surface area contributed by atoms with Crippen molar-refractivity contribution in [2.75, 3.05) is 0 Å². The first-order valence-electron chi connectivity index (χ1n) is 7.57. The highest BCUT2D eigenvalue weighted by molar-refractivity contribution is 5.37. The number of benzene rings is 2. The maximum absolute atomic E-state index is 6.30. The van der Waals surface area contributed by atoms with Crippen LogP contribution >= 0.6 is 0 Å². The van der Waals surface area contributed by atoms with Crippen molar-refractivity contribution in [1.29, 1.82) is 0 Å². The molecule has 2 aromatic rings. The zero-order valence-electron chi connectivity index (χ0n) is 13.4. The minimum absolute atomic E-state index is 0.0208. The quantitative estimate of drug-likeness (QED) is 0.878. The highest BCUT2D eigenvalue weighted by Gasteiger charge is 2.21. The second kappa shape index (κ2) is 6.77. The summed E-state index contributed by atoms with van der Waals surface area (Å²) in [5.41, 5.74) is 11.1. The highest BCUT2D eigenvalue weighted by Crippen LogP contribution is 2.28. The van der Waals surface area contributed by atoms with Gasteiger partial charge in [-0.05, 0) is 44.4 Å². The smallest absolute Gasteiger partial charge is 0.139 e. The lowest BCUT2D eigenvalue weighted by Crippen LogP contribution is -2.31. The van der Waals surface area contributed by atoms with E-state index < -0.39 is 0 Å². The minimum atomic E-state index is -0.115. The van der Waals surface area contributed by atoms with E-state index in [2.05, 4.69) is 64.1 Å². The molecule has 2 nitrogen and oxygen atoms in total. The summed E-state index contributed by atoms with van der Waals surface area (Å²) in [6, 6.07) is 14.6. The fraction of sp³-hybridized carbons (Fsp3) is 0.368. The van der Waals surface area contributed by atoms with Crippen molar-refractivity contribution in [3.05, 3.63) is 64.7 Å². The molecule has 2 heteroatoms. The van der Waals surface area contributed by atoms with Crippen LogP contribution in [0.5, 0.6) is 5.75 Å². The van der Waals surface area contributed by atoms with E-state index in [4.69, 9.17) is 10.5 Å². The van der Waals surface area contributed by atoms with E-state index in [0.717, 1.165) is 23.3 Å². The lowest BCUT2D eigenvalue weighted by Gasteiger charge is -2.26. The Morgan fingerprint density at radius 2 is 1.71 bits per heavy atom. The van der Waals surface area contributed by atoms with Gasteiger partial charge in [0.25, 0.3) is 0 Å². The predicted molar refractivity (Wildman–Crippen MR) is 88.7 cm³/mol. The second-order valence-electron chi connectivity index (χ2n) is 5.79. The van der Waals surface area contributed by atoms with E-state index in [9.17, 15) is 0 Å². The Morgan fingerprint density at radius 1 is 1.00 bits per heavy atom. The van der Waals surface area contributed by atoms with Gasteiger partial charge in [0.05, 0.1) is 0 Å². The topological polar surface area (TPSA) is 35.2 Å². The summed E-state index contributed by atoms with van der Waals surface area (Å²) in [5, 5.41) is 0. The van der Waals surface area contributed by atoms with Crippen molar-refractivity contribution < 1.29 is 4.74 Å². The molecule has 2 aromatic carbocycles. The van der Waals surface area contributed by atoms with E-state index in [-0.39, 0.29) is 12.1 Å². The van der Waals surface area contributed by atoms with Crippen LogP contribution in [0.15, 0.2) is 42.5 Å². The van der Waals surface area contributed by atoms with Gasteiger partial charge in [0, 0.05) is 6.04 Å². The van der Waals surface area contributed by atoms with Crippen LogP contribution in [0.25, 0.3) is 0 Å². The van der Waals surface area contributed by atoms with Crippen LogP contribution in [0.4, 0.5) is 0 Å². The van der Waals surface area contributed by atoms with Crippen LogP contribution in [0.1, 0.15) is 41.7 Å². The maximum atomic E-state index is 6.30. The Kier molecular flexibility index (Phi) is 5.03. The molecule has 0 saturated carbocycles. The molecule has 2 atom stereocenters. The summed E-state index contributed by atoms with van der Waals surface area (Å²) < 4.78 is 6.27.